The van der Waals surface area contributed by atoms with Crippen LogP contribution in [0.2, 0.25) is 5.02 Å². The number of allylic oxidation sites excluding steroid dienone is 2. The topological polar surface area (TPSA) is 50.3 Å². The van der Waals surface area contributed by atoms with Crippen molar-refractivity contribution in [2.75, 3.05) is 4.90 Å². The Morgan fingerprint density at radius 1 is 1.03 bits per heavy atom. The number of benzene rings is 2. The number of fused-ring (bicyclic) bond motifs is 6. The van der Waals surface area contributed by atoms with Gasteiger partial charge < -0.3 is 0 Å². The van der Waals surface area contributed by atoms with Gasteiger partial charge in [0.05, 0.1) is 27.7 Å². The summed E-state index contributed by atoms with van der Waals surface area (Å²) in [4.78, 5) is 32.2. The highest BCUT2D eigenvalue weighted by atomic mass is 35.5. The molecular formula is C23H17ClN2O2S2. The van der Waals surface area contributed by atoms with Crippen LogP contribution < -0.4 is 4.90 Å². The van der Waals surface area contributed by atoms with Gasteiger partial charge in [-0.1, -0.05) is 47.6 Å². The summed E-state index contributed by atoms with van der Waals surface area (Å²) < 4.78 is 1.96. The van der Waals surface area contributed by atoms with Crippen molar-refractivity contribution in [3.05, 3.63) is 65.2 Å². The molecule has 1 aromatic heterocycles. The number of amides is 2. The van der Waals surface area contributed by atoms with Gasteiger partial charge in [-0.3, -0.25) is 9.59 Å². The van der Waals surface area contributed by atoms with Crippen molar-refractivity contribution in [3.8, 4) is 0 Å². The molecule has 1 saturated heterocycles. The molecule has 0 spiro atoms. The molecule has 2 amide bonds. The third-order valence-corrected chi connectivity index (χ3v) is 8.84. The molecule has 2 fully saturated rings. The number of carbonyl (C=O) groups is 2. The number of carbonyl (C=O) groups excluding carboxylic acids is 2. The van der Waals surface area contributed by atoms with E-state index in [9.17, 15) is 9.59 Å². The maximum Gasteiger partial charge on any atom is 0.238 e. The summed E-state index contributed by atoms with van der Waals surface area (Å²) in [5.41, 5.74) is 2.75. The second kappa shape index (κ2) is 6.94. The van der Waals surface area contributed by atoms with E-state index in [1.807, 2.05) is 42.5 Å². The van der Waals surface area contributed by atoms with E-state index in [1.165, 1.54) is 10.5 Å². The van der Waals surface area contributed by atoms with Crippen LogP contribution in [0.3, 0.4) is 0 Å². The number of hydrogen-bond acceptors (Lipinski definition) is 5. The van der Waals surface area contributed by atoms with Gasteiger partial charge in [0.15, 0.2) is 4.34 Å². The van der Waals surface area contributed by atoms with Crippen LogP contribution in [0.5, 0.6) is 0 Å². The van der Waals surface area contributed by atoms with E-state index in [0.717, 1.165) is 31.8 Å². The molecule has 2 heterocycles. The minimum atomic E-state index is -0.171. The van der Waals surface area contributed by atoms with Crippen LogP contribution in [0.1, 0.15) is 12.0 Å². The number of aromatic nitrogens is 1. The molecule has 7 heteroatoms. The molecule has 3 aliphatic rings. The van der Waals surface area contributed by atoms with E-state index in [2.05, 4.69) is 12.2 Å². The molecule has 0 unspecified atom stereocenters. The van der Waals surface area contributed by atoms with Crippen molar-refractivity contribution >= 4 is 62.4 Å². The average Bonchev–Trinajstić information content (AvgIpc) is 3.50. The summed E-state index contributed by atoms with van der Waals surface area (Å²) in [6.07, 6.45) is 5.19. The van der Waals surface area contributed by atoms with Crippen LogP contribution in [0.25, 0.3) is 10.2 Å². The number of imide groups is 1. The second-order valence-electron chi connectivity index (χ2n) is 8.06. The van der Waals surface area contributed by atoms with Gasteiger partial charge in [-0.05, 0) is 54.2 Å². The summed E-state index contributed by atoms with van der Waals surface area (Å²) in [6, 6.07) is 13.5. The number of halogens is 1. The maximum absolute atomic E-state index is 13.1. The number of hydrogen-bond donors (Lipinski definition) is 0. The lowest BCUT2D eigenvalue weighted by Crippen LogP contribution is -2.32. The molecule has 3 aromatic rings. The number of rotatable bonds is 4. The molecule has 150 valence electrons. The maximum atomic E-state index is 13.1. The van der Waals surface area contributed by atoms with Crippen LogP contribution in [-0.4, -0.2) is 16.8 Å². The average molecular weight is 453 g/mol. The Morgan fingerprint density at radius 3 is 2.43 bits per heavy atom. The zero-order valence-corrected chi connectivity index (χ0v) is 18.2. The number of thioether (sulfide) groups is 1. The Labute approximate surface area is 186 Å². The van der Waals surface area contributed by atoms with Crippen LogP contribution in [0.4, 0.5) is 5.69 Å². The predicted octanol–water partition coefficient (Wildman–Crippen LogP) is 5.55. The van der Waals surface area contributed by atoms with Crippen molar-refractivity contribution in [2.45, 2.75) is 16.5 Å². The number of thiazole rings is 1. The lowest BCUT2D eigenvalue weighted by atomic mass is 9.85. The fraction of sp³-hybridized carbons (Fsp3) is 0.261. The summed E-state index contributed by atoms with van der Waals surface area (Å²) >= 11 is 9.22. The molecule has 2 aliphatic carbocycles. The molecule has 4 atom stereocenters. The first-order valence-corrected chi connectivity index (χ1v) is 12.1. The molecule has 4 nitrogen and oxygen atoms in total. The minimum absolute atomic E-state index is 0.0388. The Balaban J connectivity index is 1.25. The van der Waals surface area contributed by atoms with Crippen LogP contribution in [0, 0.1) is 23.7 Å². The van der Waals surface area contributed by atoms with E-state index < -0.39 is 0 Å². The fourth-order valence-corrected chi connectivity index (χ4v) is 7.16. The lowest BCUT2D eigenvalue weighted by Gasteiger charge is -2.17. The fourth-order valence-electron chi connectivity index (χ4n) is 4.98. The van der Waals surface area contributed by atoms with Crippen molar-refractivity contribution in [3.63, 3.8) is 0 Å². The van der Waals surface area contributed by atoms with Gasteiger partial charge in [-0.15, -0.1) is 11.3 Å². The van der Waals surface area contributed by atoms with Gasteiger partial charge in [-0.2, -0.15) is 0 Å². The highest BCUT2D eigenvalue weighted by Gasteiger charge is 2.59. The Bertz CT molecular complexity index is 1190. The van der Waals surface area contributed by atoms with Gasteiger partial charge in [-0.25, -0.2) is 9.88 Å². The van der Waals surface area contributed by atoms with E-state index in [4.69, 9.17) is 16.6 Å². The molecule has 0 N–H and O–H groups in total. The van der Waals surface area contributed by atoms with Gasteiger partial charge in [0.2, 0.25) is 11.8 Å². The van der Waals surface area contributed by atoms with Crippen LogP contribution >= 0.6 is 34.7 Å². The van der Waals surface area contributed by atoms with Gasteiger partial charge in [0, 0.05) is 10.8 Å². The van der Waals surface area contributed by atoms with E-state index in [-0.39, 0.29) is 35.5 Å². The summed E-state index contributed by atoms with van der Waals surface area (Å²) in [6.45, 7) is 0. The zero-order valence-electron chi connectivity index (χ0n) is 15.8. The Morgan fingerprint density at radius 2 is 1.73 bits per heavy atom. The molecule has 6 rings (SSSR count). The first kappa shape index (κ1) is 18.6. The number of anilines is 1. The zero-order chi connectivity index (χ0) is 20.4. The molecular weight excluding hydrogens is 436 g/mol. The smallest absolute Gasteiger partial charge is 0.238 e. The SMILES string of the molecule is O=C1[C@@H]2[C@H](C(=O)N1c1ccc3nc(SCc4ccc(Cl)cc4)sc3c1)[C@H]1C=C[C@H]2C1. The highest BCUT2D eigenvalue weighted by Crippen LogP contribution is 2.53. The van der Waals surface area contributed by atoms with Crippen molar-refractivity contribution in [1.82, 2.24) is 4.98 Å². The predicted molar refractivity (Wildman–Crippen MR) is 121 cm³/mol. The van der Waals surface area contributed by atoms with E-state index in [0.29, 0.717) is 5.69 Å². The molecule has 2 bridgehead atoms. The van der Waals surface area contributed by atoms with E-state index in [1.54, 1.807) is 23.1 Å². The highest BCUT2D eigenvalue weighted by molar-refractivity contribution is 8.00. The summed E-state index contributed by atoms with van der Waals surface area (Å²) in [7, 11) is 0. The van der Waals surface area contributed by atoms with E-state index >= 15 is 0 Å². The minimum Gasteiger partial charge on any atom is -0.274 e. The van der Waals surface area contributed by atoms with Crippen LogP contribution in [0.15, 0.2) is 59.0 Å². The second-order valence-corrected chi connectivity index (χ2v) is 10.7. The standard InChI is InChI=1S/C23H17ClN2O2S2/c24-15-5-1-12(2-6-15)11-29-23-25-17-8-7-16(10-18(17)30-23)26-21(27)19-13-3-4-14(9-13)20(19)22(26)28/h1-8,10,13-14,19-20H,9,11H2/t13-,14-,19-,20+/m0/s1. The Kier molecular flexibility index (Phi) is 4.30. The Hall–Kier alpha value is -2.15. The molecule has 2 aromatic carbocycles. The lowest BCUT2D eigenvalue weighted by molar-refractivity contribution is -0.123. The van der Waals surface area contributed by atoms with Gasteiger partial charge in [0.1, 0.15) is 0 Å². The number of nitrogens with zero attached hydrogens (tertiary/aromatic N) is 2. The summed E-state index contributed by atoms with van der Waals surface area (Å²) in [5.74, 6) is 0.844. The van der Waals surface area contributed by atoms with Crippen molar-refractivity contribution in [1.29, 1.82) is 0 Å². The van der Waals surface area contributed by atoms with Gasteiger partial charge in [0.25, 0.3) is 0 Å². The molecule has 1 saturated carbocycles. The van der Waals surface area contributed by atoms with Crippen molar-refractivity contribution in [2.24, 2.45) is 23.7 Å². The normalized spacial score (nSPS) is 26.9. The molecule has 30 heavy (non-hydrogen) atoms. The largest absolute Gasteiger partial charge is 0.274 e. The van der Waals surface area contributed by atoms with Gasteiger partial charge >= 0.3 is 0 Å². The quantitative estimate of drug-likeness (QED) is 0.295. The molecule has 1 aliphatic heterocycles. The first-order valence-electron chi connectivity index (χ1n) is 9.92. The monoisotopic (exact) mass is 452 g/mol. The third kappa shape index (κ3) is 2.85. The first-order chi connectivity index (χ1) is 14.6. The van der Waals surface area contributed by atoms with Crippen molar-refractivity contribution < 1.29 is 9.59 Å². The molecule has 0 radical (unpaired) electrons. The summed E-state index contributed by atoms with van der Waals surface area (Å²) in [5, 5.41) is 0.732. The third-order valence-electron chi connectivity index (χ3n) is 6.36. The van der Waals surface area contributed by atoms with Crippen LogP contribution in [-0.2, 0) is 15.3 Å².